The van der Waals surface area contributed by atoms with Crippen molar-refractivity contribution in [3.05, 3.63) is 24.3 Å². The minimum atomic E-state index is 0.355. The van der Waals surface area contributed by atoms with Gasteiger partial charge in [0.05, 0.1) is 11.0 Å². The van der Waals surface area contributed by atoms with E-state index in [2.05, 4.69) is 29.1 Å². The summed E-state index contributed by atoms with van der Waals surface area (Å²) < 4.78 is 0. The van der Waals surface area contributed by atoms with E-state index in [0.717, 1.165) is 23.4 Å². The molecule has 0 bridgehead atoms. The number of halogens is 1. The van der Waals surface area contributed by atoms with E-state index in [1.807, 2.05) is 24.3 Å². The number of benzene rings is 1. The SMILES string of the molecule is CC(C)C(CCCl)Nc1nc2ccccc2[nH]1. The number of H-pyrrole nitrogens is 1. The fourth-order valence-electron chi connectivity index (χ4n) is 1.89. The van der Waals surface area contributed by atoms with Crippen LogP contribution in [0.15, 0.2) is 24.3 Å². The lowest BCUT2D eigenvalue weighted by Gasteiger charge is -2.20. The van der Waals surface area contributed by atoms with Gasteiger partial charge in [-0.1, -0.05) is 26.0 Å². The Morgan fingerprint density at radius 2 is 2.12 bits per heavy atom. The number of fused-ring (bicyclic) bond motifs is 1. The van der Waals surface area contributed by atoms with Gasteiger partial charge in [-0.2, -0.15) is 0 Å². The maximum atomic E-state index is 5.81. The molecule has 0 saturated heterocycles. The van der Waals surface area contributed by atoms with E-state index in [-0.39, 0.29) is 0 Å². The molecule has 0 amide bonds. The normalized spacial score (nSPS) is 13.2. The average molecular weight is 252 g/mol. The quantitative estimate of drug-likeness (QED) is 0.797. The molecule has 0 aliphatic heterocycles. The number of nitrogens with one attached hydrogen (secondary N) is 2. The Morgan fingerprint density at radius 1 is 1.35 bits per heavy atom. The van der Waals surface area contributed by atoms with Crippen molar-refractivity contribution in [3.63, 3.8) is 0 Å². The van der Waals surface area contributed by atoms with Crippen molar-refractivity contribution in [1.82, 2.24) is 9.97 Å². The van der Waals surface area contributed by atoms with E-state index in [1.165, 1.54) is 0 Å². The van der Waals surface area contributed by atoms with E-state index >= 15 is 0 Å². The lowest BCUT2D eigenvalue weighted by Crippen LogP contribution is -2.26. The van der Waals surface area contributed by atoms with Crippen LogP contribution in [0, 0.1) is 5.92 Å². The fourth-order valence-corrected chi connectivity index (χ4v) is 2.12. The smallest absolute Gasteiger partial charge is 0.201 e. The molecule has 0 saturated carbocycles. The van der Waals surface area contributed by atoms with Gasteiger partial charge >= 0.3 is 0 Å². The number of alkyl halides is 1. The Morgan fingerprint density at radius 3 is 2.76 bits per heavy atom. The zero-order valence-corrected chi connectivity index (χ0v) is 11.0. The van der Waals surface area contributed by atoms with Crippen LogP contribution in [0.25, 0.3) is 11.0 Å². The largest absolute Gasteiger partial charge is 0.353 e. The highest BCUT2D eigenvalue weighted by Gasteiger charge is 2.14. The maximum Gasteiger partial charge on any atom is 0.201 e. The van der Waals surface area contributed by atoms with Gasteiger partial charge in [-0.25, -0.2) is 4.98 Å². The number of anilines is 1. The number of aromatic amines is 1. The van der Waals surface area contributed by atoms with Crippen LogP contribution < -0.4 is 5.32 Å². The topological polar surface area (TPSA) is 40.7 Å². The molecule has 2 rings (SSSR count). The second-order valence-electron chi connectivity index (χ2n) is 4.58. The molecule has 0 spiro atoms. The van der Waals surface area contributed by atoms with Gasteiger partial charge < -0.3 is 10.3 Å². The first-order valence-electron chi connectivity index (χ1n) is 5.98. The van der Waals surface area contributed by atoms with Crippen LogP contribution in [0.4, 0.5) is 5.95 Å². The van der Waals surface area contributed by atoms with E-state index < -0.39 is 0 Å². The molecule has 1 aromatic heterocycles. The Balaban J connectivity index is 2.16. The fraction of sp³-hybridized carbons (Fsp3) is 0.462. The van der Waals surface area contributed by atoms with Crippen molar-refractivity contribution < 1.29 is 0 Å². The zero-order chi connectivity index (χ0) is 12.3. The van der Waals surface area contributed by atoms with Crippen molar-refractivity contribution in [1.29, 1.82) is 0 Å². The van der Waals surface area contributed by atoms with E-state index in [1.54, 1.807) is 0 Å². The molecule has 0 aliphatic rings. The summed E-state index contributed by atoms with van der Waals surface area (Å²) in [5.41, 5.74) is 2.05. The highest BCUT2D eigenvalue weighted by atomic mass is 35.5. The summed E-state index contributed by atoms with van der Waals surface area (Å²) in [5, 5.41) is 3.42. The molecule has 2 aromatic rings. The third kappa shape index (κ3) is 2.91. The molecule has 1 heterocycles. The highest BCUT2D eigenvalue weighted by molar-refractivity contribution is 6.17. The second kappa shape index (κ2) is 5.41. The predicted molar refractivity (Wildman–Crippen MR) is 73.7 cm³/mol. The molecule has 0 radical (unpaired) electrons. The van der Waals surface area contributed by atoms with Gasteiger partial charge in [0.15, 0.2) is 0 Å². The summed E-state index contributed by atoms with van der Waals surface area (Å²) in [6.45, 7) is 4.37. The lowest BCUT2D eigenvalue weighted by atomic mass is 10.0. The summed E-state index contributed by atoms with van der Waals surface area (Å²) in [6, 6.07) is 8.38. The van der Waals surface area contributed by atoms with Gasteiger partial charge in [-0.05, 0) is 24.5 Å². The number of imidazole rings is 1. The highest BCUT2D eigenvalue weighted by Crippen LogP contribution is 2.17. The molecular formula is C13H18ClN3. The van der Waals surface area contributed by atoms with Crippen molar-refractivity contribution in [2.75, 3.05) is 11.2 Å². The summed E-state index contributed by atoms with van der Waals surface area (Å²) in [5.74, 6) is 2.02. The second-order valence-corrected chi connectivity index (χ2v) is 4.95. The molecule has 0 fully saturated rings. The number of hydrogen-bond donors (Lipinski definition) is 2. The number of para-hydroxylation sites is 2. The van der Waals surface area contributed by atoms with E-state index in [9.17, 15) is 0 Å². The van der Waals surface area contributed by atoms with Crippen molar-refractivity contribution in [2.45, 2.75) is 26.3 Å². The van der Waals surface area contributed by atoms with Crippen LogP contribution in [0.3, 0.4) is 0 Å². The first kappa shape index (κ1) is 12.2. The molecule has 3 nitrogen and oxygen atoms in total. The van der Waals surface area contributed by atoms with Crippen LogP contribution in [0.2, 0.25) is 0 Å². The first-order chi connectivity index (χ1) is 8.20. The number of rotatable bonds is 5. The Kier molecular flexibility index (Phi) is 3.89. The average Bonchev–Trinajstić information content (AvgIpc) is 2.70. The van der Waals surface area contributed by atoms with Gasteiger partial charge in [0, 0.05) is 11.9 Å². The van der Waals surface area contributed by atoms with E-state index in [4.69, 9.17) is 11.6 Å². The Bertz CT molecular complexity index is 445. The van der Waals surface area contributed by atoms with Crippen molar-refractivity contribution >= 4 is 28.6 Å². The van der Waals surface area contributed by atoms with Gasteiger partial charge in [0.25, 0.3) is 0 Å². The molecular weight excluding hydrogens is 234 g/mol. The van der Waals surface area contributed by atoms with Crippen LogP contribution in [0.5, 0.6) is 0 Å². The molecule has 1 unspecified atom stereocenters. The monoisotopic (exact) mass is 251 g/mol. The summed E-state index contributed by atoms with van der Waals surface area (Å²) in [4.78, 5) is 7.78. The standard InChI is InChI=1S/C13H18ClN3/c1-9(2)10(7-8-14)15-13-16-11-5-3-4-6-12(11)17-13/h3-6,9-10H,7-8H2,1-2H3,(H2,15,16,17). The zero-order valence-electron chi connectivity index (χ0n) is 10.2. The summed E-state index contributed by atoms with van der Waals surface area (Å²) >= 11 is 5.81. The molecule has 4 heteroatoms. The number of hydrogen-bond acceptors (Lipinski definition) is 2. The summed E-state index contributed by atoms with van der Waals surface area (Å²) in [6.07, 6.45) is 0.941. The number of nitrogens with zero attached hydrogens (tertiary/aromatic N) is 1. The van der Waals surface area contributed by atoms with Gasteiger partial charge in [0.1, 0.15) is 0 Å². The molecule has 92 valence electrons. The molecule has 17 heavy (non-hydrogen) atoms. The third-order valence-electron chi connectivity index (χ3n) is 2.94. The van der Waals surface area contributed by atoms with Crippen molar-refractivity contribution in [2.24, 2.45) is 5.92 Å². The van der Waals surface area contributed by atoms with Gasteiger partial charge in [0.2, 0.25) is 5.95 Å². The van der Waals surface area contributed by atoms with Gasteiger partial charge in [-0.3, -0.25) is 0 Å². The molecule has 1 atom stereocenters. The lowest BCUT2D eigenvalue weighted by molar-refractivity contribution is 0.510. The van der Waals surface area contributed by atoms with Gasteiger partial charge in [-0.15, -0.1) is 11.6 Å². The molecule has 1 aromatic carbocycles. The Labute approximate surface area is 107 Å². The predicted octanol–water partition coefficient (Wildman–Crippen LogP) is 3.63. The van der Waals surface area contributed by atoms with E-state index in [0.29, 0.717) is 17.8 Å². The Hall–Kier alpha value is -1.22. The molecule has 0 aliphatic carbocycles. The minimum absolute atomic E-state index is 0.355. The third-order valence-corrected chi connectivity index (χ3v) is 3.15. The minimum Gasteiger partial charge on any atom is -0.353 e. The number of aromatic nitrogens is 2. The van der Waals surface area contributed by atoms with Crippen LogP contribution in [-0.2, 0) is 0 Å². The molecule has 2 N–H and O–H groups in total. The van der Waals surface area contributed by atoms with Crippen LogP contribution in [-0.4, -0.2) is 21.9 Å². The maximum absolute atomic E-state index is 5.81. The van der Waals surface area contributed by atoms with Crippen molar-refractivity contribution in [3.8, 4) is 0 Å². The van der Waals surface area contributed by atoms with Crippen LogP contribution in [0.1, 0.15) is 20.3 Å². The first-order valence-corrected chi connectivity index (χ1v) is 6.51. The summed E-state index contributed by atoms with van der Waals surface area (Å²) in [7, 11) is 0. The van der Waals surface area contributed by atoms with Crippen LogP contribution >= 0.6 is 11.6 Å².